The molecular formula is C17H34N2O2. The monoisotopic (exact) mass is 298 g/mol. The van der Waals surface area contributed by atoms with E-state index < -0.39 is 0 Å². The molecule has 2 atom stereocenters. The Bertz CT molecular complexity index is 270. The van der Waals surface area contributed by atoms with Crippen LogP contribution in [0.5, 0.6) is 0 Å². The molecule has 2 aliphatic rings. The third-order valence-corrected chi connectivity index (χ3v) is 4.83. The highest BCUT2D eigenvalue weighted by atomic mass is 16.7. The Morgan fingerprint density at radius 2 is 1.62 bits per heavy atom. The van der Waals surface area contributed by atoms with Gasteiger partial charge >= 0.3 is 0 Å². The second-order valence-electron chi connectivity index (χ2n) is 6.43. The fourth-order valence-electron chi connectivity index (χ4n) is 3.95. The van der Waals surface area contributed by atoms with Crippen LogP contribution < -0.4 is 5.32 Å². The Hall–Kier alpha value is -0.160. The smallest absolute Gasteiger partial charge is 0.158 e. The lowest BCUT2D eigenvalue weighted by molar-refractivity contribution is -0.142. The number of nitrogens with zero attached hydrogens (tertiary/aromatic N) is 1. The molecule has 2 heterocycles. The lowest BCUT2D eigenvalue weighted by atomic mass is 9.97. The molecule has 2 bridgehead atoms. The fraction of sp³-hybridized carbons (Fsp3) is 1.00. The third-order valence-electron chi connectivity index (χ3n) is 4.83. The van der Waals surface area contributed by atoms with Crippen molar-refractivity contribution >= 4 is 0 Å². The minimum atomic E-state index is -0.0298. The first-order chi connectivity index (χ1) is 10.3. The van der Waals surface area contributed by atoms with Gasteiger partial charge in [-0.1, -0.05) is 6.92 Å². The molecule has 2 unspecified atom stereocenters. The van der Waals surface area contributed by atoms with E-state index in [-0.39, 0.29) is 6.29 Å². The van der Waals surface area contributed by atoms with E-state index >= 15 is 0 Å². The summed E-state index contributed by atoms with van der Waals surface area (Å²) in [6.45, 7) is 10.1. The Morgan fingerprint density at radius 3 is 2.14 bits per heavy atom. The molecular weight excluding hydrogens is 264 g/mol. The highest BCUT2D eigenvalue weighted by Crippen LogP contribution is 2.30. The van der Waals surface area contributed by atoms with Crippen molar-refractivity contribution in [3.05, 3.63) is 0 Å². The van der Waals surface area contributed by atoms with Gasteiger partial charge < -0.3 is 19.7 Å². The van der Waals surface area contributed by atoms with Crippen molar-refractivity contribution in [1.29, 1.82) is 0 Å². The Kier molecular flexibility index (Phi) is 7.44. The van der Waals surface area contributed by atoms with Gasteiger partial charge in [0.15, 0.2) is 6.29 Å². The van der Waals surface area contributed by atoms with Gasteiger partial charge in [-0.05, 0) is 52.5 Å². The molecule has 124 valence electrons. The topological polar surface area (TPSA) is 33.7 Å². The summed E-state index contributed by atoms with van der Waals surface area (Å²) in [4.78, 5) is 2.69. The Balaban J connectivity index is 1.83. The summed E-state index contributed by atoms with van der Waals surface area (Å²) >= 11 is 0. The molecule has 1 N–H and O–H groups in total. The zero-order valence-electron chi connectivity index (χ0n) is 14.1. The minimum absolute atomic E-state index is 0.0298. The van der Waals surface area contributed by atoms with Crippen molar-refractivity contribution in [2.75, 3.05) is 26.3 Å². The van der Waals surface area contributed by atoms with E-state index in [9.17, 15) is 0 Å². The number of hydrogen-bond donors (Lipinski definition) is 1. The van der Waals surface area contributed by atoms with Gasteiger partial charge in [-0.25, -0.2) is 0 Å². The molecule has 2 rings (SSSR count). The van der Waals surface area contributed by atoms with Gasteiger partial charge in [-0.2, -0.15) is 0 Å². The van der Waals surface area contributed by atoms with Crippen molar-refractivity contribution in [3.63, 3.8) is 0 Å². The molecule has 0 aromatic heterocycles. The molecule has 0 spiro atoms. The number of ether oxygens (including phenoxy) is 2. The molecule has 0 radical (unpaired) electrons. The first-order valence-electron chi connectivity index (χ1n) is 9.00. The zero-order valence-corrected chi connectivity index (χ0v) is 14.1. The lowest BCUT2D eigenvalue weighted by Crippen LogP contribution is -2.49. The standard InChI is InChI=1S/C17H34N2O2/c1-4-10-19(11-9-17(20-5-2)21-6-3)16-12-14-7-8-15(13-16)18-14/h14-18H,4-13H2,1-3H3. The van der Waals surface area contributed by atoms with Gasteiger partial charge in [0.1, 0.15) is 0 Å². The number of piperidine rings is 1. The van der Waals surface area contributed by atoms with Crippen LogP contribution >= 0.6 is 0 Å². The van der Waals surface area contributed by atoms with Gasteiger partial charge in [-0.15, -0.1) is 0 Å². The number of rotatable bonds is 10. The maximum absolute atomic E-state index is 5.69. The van der Waals surface area contributed by atoms with E-state index in [0.29, 0.717) is 0 Å². The van der Waals surface area contributed by atoms with Gasteiger partial charge in [0.05, 0.1) is 0 Å². The van der Waals surface area contributed by atoms with Gasteiger partial charge in [0.2, 0.25) is 0 Å². The second-order valence-corrected chi connectivity index (χ2v) is 6.43. The van der Waals surface area contributed by atoms with Gasteiger partial charge in [0.25, 0.3) is 0 Å². The molecule has 0 amide bonds. The van der Waals surface area contributed by atoms with Crippen LogP contribution in [0.25, 0.3) is 0 Å². The molecule has 0 aromatic rings. The Labute approximate surface area is 130 Å². The second kappa shape index (κ2) is 9.09. The number of hydrogen-bond acceptors (Lipinski definition) is 4. The van der Waals surface area contributed by atoms with Crippen molar-refractivity contribution in [1.82, 2.24) is 10.2 Å². The van der Waals surface area contributed by atoms with E-state index in [4.69, 9.17) is 9.47 Å². The van der Waals surface area contributed by atoms with Gasteiger partial charge in [-0.3, -0.25) is 0 Å². The number of nitrogens with one attached hydrogen (secondary N) is 1. The van der Waals surface area contributed by atoms with Crippen LogP contribution in [0.15, 0.2) is 0 Å². The summed E-state index contributed by atoms with van der Waals surface area (Å²) in [5, 5.41) is 3.75. The van der Waals surface area contributed by atoms with Crippen LogP contribution in [0, 0.1) is 0 Å². The Morgan fingerprint density at radius 1 is 1.00 bits per heavy atom. The predicted octanol–water partition coefficient (Wildman–Crippen LogP) is 2.77. The van der Waals surface area contributed by atoms with Crippen LogP contribution in [-0.2, 0) is 9.47 Å². The van der Waals surface area contributed by atoms with Crippen molar-refractivity contribution in [3.8, 4) is 0 Å². The minimum Gasteiger partial charge on any atom is -0.353 e. The maximum Gasteiger partial charge on any atom is 0.158 e. The molecule has 0 aliphatic carbocycles. The average Bonchev–Trinajstić information content (AvgIpc) is 2.82. The summed E-state index contributed by atoms with van der Waals surface area (Å²) in [5.41, 5.74) is 0. The quantitative estimate of drug-likeness (QED) is 0.629. The fourth-order valence-corrected chi connectivity index (χ4v) is 3.95. The number of fused-ring (bicyclic) bond motifs is 2. The van der Waals surface area contributed by atoms with E-state index in [1.807, 2.05) is 13.8 Å². The van der Waals surface area contributed by atoms with Crippen molar-refractivity contribution in [2.45, 2.75) is 83.7 Å². The highest BCUT2D eigenvalue weighted by molar-refractivity contribution is 4.95. The highest BCUT2D eigenvalue weighted by Gasteiger charge is 2.35. The largest absolute Gasteiger partial charge is 0.353 e. The zero-order chi connectivity index (χ0) is 15.1. The third kappa shape index (κ3) is 5.20. The van der Waals surface area contributed by atoms with E-state index in [0.717, 1.165) is 44.3 Å². The van der Waals surface area contributed by atoms with Crippen LogP contribution in [-0.4, -0.2) is 55.6 Å². The van der Waals surface area contributed by atoms with Crippen LogP contribution in [0.1, 0.15) is 59.3 Å². The van der Waals surface area contributed by atoms with E-state index in [1.54, 1.807) is 0 Å². The molecule has 2 fully saturated rings. The normalized spacial score (nSPS) is 28.7. The van der Waals surface area contributed by atoms with Crippen LogP contribution in [0.3, 0.4) is 0 Å². The molecule has 21 heavy (non-hydrogen) atoms. The maximum atomic E-state index is 5.69. The summed E-state index contributed by atoms with van der Waals surface area (Å²) in [5.74, 6) is 0. The van der Waals surface area contributed by atoms with Gasteiger partial charge in [0, 0.05) is 44.3 Å². The van der Waals surface area contributed by atoms with Crippen molar-refractivity contribution < 1.29 is 9.47 Å². The van der Waals surface area contributed by atoms with Crippen LogP contribution in [0.2, 0.25) is 0 Å². The first kappa shape index (κ1) is 17.2. The van der Waals surface area contributed by atoms with Crippen LogP contribution in [0.4, 0.5) is 0 Å². The van der Waals surface area contributed by atoms with Crippen molar-refractivity contribution in [2.24, 2.45) is 0 Å². The molecule has 2 saturated heterocycles. The summed E-state index contributed by atoms with van der Waals surface area (Å²) in [7, 11) is 0. The lowest BCUT2D eigenvalue weighted by Gasteiger charge is -2.38. The van der Waals surface area contributed by atoms with E-state index in [2.05, 4.69) is 17.1 Å². The SMILES string of the molecule is CCCN(CCC(OCC)OCC)C1CC2CCC(C1)N2. The molecule has 2 aliphatic heterocycles. The van der Waals surface area contributed by atoms with E-state index in [1.165, 1.54) is 38.6 Å². The predicted molar refractivity (Wildman–Crippen MR) is 86.5 cm³/mol. The summed E-state index contributed by atoms with van der Waals surface area (Å²) in [6, 6.07) is 2.29. The average molecular weight is 298 g/mol. The molecule has 4 nitrogen and oxygen atoms in total. The molecule has 4 heteroatoms. The molecule has 0 saturated carbocycles. The summed E-state index contributed by atoms with van der Waals surface area (Å²) < 4.78 is 11.4. The first-order valence-corrected chi connectivity index (χ1v) is 9.00. The summed E-state index contributed by atoms with van der Waals surface area (Å²) in [6.07, 6.45) is 7.59. The molecule has 0 aromatic carbocycles.